The summed E-state index contributed by atoms with van der Waals surface area (Å²) in [5, 5.41) is 17.0. The summed E-state index contributed by atoms with van der Waals surface area (Å²) in [6.07, 6.45) is 3.40. The van der Waals surface area contributed by atoms with Crippen molar-refractivity contribution in [2.45, 2.75) is 58.1 Å². The lowest BCUT2D eigenvalue weighted by molar-refractivity contribution is -0.721. The van der Waals surface area contributed by atoms with Crippen LogP contribution in [0.1, 0.15) is 56.0 Å². The number of Topliss-reactive ketones (excluding diaryl/α,β-unsaturated/α-hetero) is 1. The van der Waals surface area contributed by atoms with Crippen molar-refractivity contribution < 1.29 is 23.7 Å². The second kappa shape index (κ2) is 9.57. The minimum Gasteiger partial charge on any atom is -0.494 e. The van der Waals surface area contributed by atoms with E-state index in [0.29, 0.717) is 30.3 Å². The molecule has 1 aliphatic carbocycles. The first kappa shape index (κ1) is 24.3. The summed E-state index contributed by atoms with van der Waals surface area (Å²) < 4.78 is 20.2. The molecule has 0 unspecified atom stereocenters. The molecule has 0 spiro atoms. The highest BCUT2D eigenvalue weighted by Crippen LogP contribution is 2.40. The SMILES string of the molecule is COc1c(N2CCOCC2)cc(C(=O)C[n+]2[n-]c(=N)n3nc(OC4CCC4)ccc32)cc1C(C)(C)C. The van der Waals surface area contributed by atoms with Crippen LogP contribution in [-0.4, -0.2) is 54.9 Å². The first-order chi connectivity index (χ1) is 17.2. The van der Waals surface area contributed by atoms with Crippen molar-refractivity contribution in [3.63, 3.8) is 0 Å². The van der Waals surface area contributed by atoms with Crippen molar-refractivity contribution in [1.29, 1.82) is 5.41 Å². The maximum Gasteiger partial charge on any atom is 0.219 e. The van der Waals surface area contributed by atoms with E-state index in [2.05, 4.69) is 35.9 Å². The van der Waals surface area contributed by atoms with Crippen molar-refractivity contribution >= 4 is 17.1 Å². The van der Waals surface area contributed by atoms with Gasteiger partial charge in [-0.15, -0.1) is 0 Å². The van der Waals surface area contributed by atoms with Crippen molar-refractivity contribution in [1.82, 2.24) is 14.7 Å². The Bertz CT molecular complexity index is 1330. The van der Waals surface area contributed by atoms with E-state index in [1.807, 2.05) is 12.1 Å². The number of morpholine rings is 1. The van der Waals surface area contributed by atoms with Gasteiger partial charge in [0.05, 0.1) is 31.6 Å². The average Bonchev–Trinajstić information content (AvgIpc) is 3.14. The summed E-state index contributed by atoms with van der Waals surface area (Å²) >= 11 is 0. The third-order valence-electron chi connectivity index (χ3n) is 6.86. The fraction of sp³-hybridized carbons (Fsp3) is 0.538. The molecule has 3 aromatic rings. The van der Waals surface area contributed by atoms with E-state index < -0.39 is 0 Å². The fourth-order valence-corrected chi connectivity index (χ4v) is 4.61. The Labute approximate surface area is 210 Å². The lowest BCUT2D eigenvalue weighted by Crippen LogP contribution is -2.43. The van der Waals surface area contributed by atoms with Gasteiger partial charge in [-0.3, -0.25) is 9.31 Å². The lowest BCUT2D eigenvalue weighted by Gasteiger charge is -2.33. The Morgan fingerprint density at radius 2 is 2.00 bits per heavy atom. The van der Waals surface area contributed by atoms with Crippen LogP contribution in [0.2, 0.25) is 0 Å². The summed E-state index contributed by atoms with van der Waals surface area (Å²) in [5.74, 6) is 1.16. The zero-order valence-corrected chi connectivity index (χ0v) is 21.4. The zero-order chi connectivity index (χ0) is 25.4. The standard InChI is InChI=1S/C26H34N6O4/c1-26(2,3)19-14-17(15-20(24(19)34-4)30-10-12-35-13-11-30)21(33)16-31-23-9-8-22(36-18-6-5-7-18)28-32(23)25(27)29-31/h8-9,14-15,18,27H,5-7,10-13,16H2,1-4H3. The number of carbonyl (C=O) groups is 1. The minimum absolute atomic E-state index is 0.00858. The second-order valence-electron chi connectivity index (χ2n) is 10.4. The number of methoxy groups -OCH3 is 1. The van der Waals surface area contributed by atoms with Crippen LogP contribution in [-0.2, 0) is 16.7 Å². The summed E-state index contributed by atoms with van der Waals surface area (Å²) in [6, 6.07) is 7.41. The number of hydrogen-bond donors (Lipinski definition) is 1. The summed E-state index contributed by atoms with van der Waals surface area (Å²) in [7, 11) is 1.68. The molecule has 0 radical (unpaired) electrons. The van der Waals surface area contributed by atoms with Gasteiger partial charge in [0, 0.05) is 30.3 Å². The molecule has 10 nitrogen and oxygen atoms in total. The number of aromatic nitrogens is 4. The molecule has 1 aliphatic heterocycles. The van der Waals surface area contributed by atoms with Crippen LogP contribution >= 0.6 is 0 Å². The molecule has 5 rings (SSSR count). The Morgan fingerprint density at radius 3 is 2.64 bits per heavy atom. The highest BCUT2D eigenvalue weighted by atomic mass is 16.5. The third kappa shape index (κ3) is 4.69. The molecule has 1 saturated carbocycles. The van der Waals surface area contributed by atoms with Gasteiger partial charge in [0.2, 0.25) is 11.7 Å². The average molecular weight is 495 g/mol. The molecular formula is C26H34N6O4. The number of ether oxygens (including phenoxy) is 3. The van der Waals surface area contributed by atoms with Gasteiger partial charge in [0.15, 0.2) is 12.2 Å². The molecule has 1 saturated heterocycles. The predicted molar refractivity (Wildman–Crippen MR) is 132 cm³/mol. The van der Waals surface area contributed by atoms with Gasteiger partial charge >= 0.3 is 0 Å². The topological polar surface area (TPSA) is 107 Å². The van der Waals surface area contributed by atoms with Crippen molar-refractivity contribution in [3.8, 4) is 11.6 Å². The molecule has 2 fully saturated rings. The van der Waals surface area contributed by atoms with Crippen LogP contribution in [0.25, 0.3) is 5.65 Å². The molecule has 2 aromatic heterocycles. The Hall–Kier alpha value is -3.40. The molecular weight excluding hydrogens is 460 g/mol. The maximum atomic E-state index is 13.6. The number of nitrogens with one attached hydrogen (secondary N) is 1. The number of rotatable bonds is 7. The Kier molecular flexibility index (Phi) is 6.46. The van der Waals surface area contributed by atoms with Crippen molar-refractivity contribution in [2.24, 2.45) is 0 Å². The van der Waals surface area contributed by atoms with E-state index in [9.17, 15) is 4.79 Å². The molecule has 3 heterocycles. The van der Waals surface area contributed by atoms with Crippen molar-refractivity contribution in [3.05, 3.63) is 41.0 Å². The molecule has 2 aliphatic rings. The first-order valence-corrected chi connectivity index (χ1v) is 12.5. The molecule has 1 aromatic carbocycles. The summed E-state index contributed by atoms with van der Waals surface area (Å²) in [6.45, 7) is 9.06. The molecule has 10 heteroatoms. The molecule has 192 valence electrons. The number of anilines is 1. The van der Waals surface area contributed by atoms with Crippen LogP contribution in [0.3, 0.4) is 0 Å². The van der Waals surface area contributed by atoms with Gasteiger partial charge in [-0.1, -0.05) is 20.8 Å². The van der Waals surface area contributed by atoms with E-state index in [0.717, 1.165) is 42.9 Å². The van der Waals surface area contributed by atoms with Crippen LogP contribution < -0.4 is 29.8 Å². The van der Waals surface area contributed by atoms with Crippen LogP contribution in [0, 0.1) is 5.41 Å². The van der Waals surface area contributed by atoms with Gasteiger partial charge in [0.1, 0.15) is 11.9 Å². The molecule has 0 bridgehead atoms. The van der Waals surface area contributed by atoms with Crippen LogP contribution in [0.4, 0.5) is 5.69 Å². The minimum atomic E-state index is -0.230. The normalized spacial score (nSPS) is 16.7. The number of fused-ring (bicyclic) bond motifs is 1. The van der Waals surface area contributed by atoms with E-state index in [4.69, 9.17) is 19.6 Å². The highest BCUT2D eigenvalue weighted by Gasteiger charge is 2.27. The Balaban J connectivity index is 1.48. The quantitative estimate of drug-likeness (QED) is 0.396. The van der Waals surface area contributed by atoms with Gasteiger partial charge in [-0.05, 0) is 42.9 Å². The lowest BCUT2D eigenvalue weighted by atomic mass is 9.84. The second-order valence-corrected chi connectivity index (χ2v) is 10.4. The van der Waals surface area contributed by atoms with Crippen molar-refractivity contribution in [2.75, 3.05) is 38.3 Å². The number of carbonyl (C=O) groups excluding carboxylic acids is 1. The molecule has 0 atom stereocenters. The van der Waals surface area contributed by atoms with Gasteiger partial charge < -0.3 is 24.5 Å². The molecule has 36 heavy (non-hydrogen) atoms. The molecule has 0 amide bonds. The van der Waals surface area contributed by atoms with E-state index >= 15 is 0 Å². The van der Waals surface area contributed by atoms with Gasteiger partial charge in [-0.25, -0.2) is 9.78 Å². The smallest absolute Gasteiger partial charge is 0.219 e. The third-order valence-corrected chi connectivity index (χ3v) is 6.86. The molecule has 1 N–H and O–H groups in total. The monoisotopic (exact) mass is 494 g/mol. The van der Waals surface area contributed by atoms with Gasteiger partial charge in [0.25, 0.3) is 0 Å². The maximum absolute atomic E-state index is 13.6. The fourth-order valence-electron chi connectivity index (χ4n) is 4.61. The van der Waals surface area contributed by atoms with Gasteiger partial charge in [-0.2, -0.15) is 5.10 Å². The van der Waals surface area contributed by atoms with E-state index in [-0.39, 0.29) is 29.5 Å². The summed E-state index contributed by atoms with van der Waals surface area (Å²) in [4.78, 5) is 15.8. The largest absolute Gasteiger partial charge is 0.494 e. The highest BCUT2D eigenvalue weighted by molar-refractivity contribution is 5.97. The Morgan fingerprint density at radius 1 is 1.25 bits per heavy atom. The van der Waals surface area contributed by atoms with Crippen LogP contribution in [0.5, 0.6) is 11.6 Å². The summed E-state index contributed by atoms with van der Waals surface area (Å²) in [5.41, 5.74) is 2.74. The predicted octanol–water partition coefficient (Wildman–Crippen LogP) is 2.02. The number of hydrogen-bond acceptors (Lipinski definition) is 7. The number of nitrogens with zero attached hydrogens (tertiary/aromatic N) is 5. The number of ketones is 1. The zero-order valence-electron chi connectivity index (χ0n) is 21.4. The number of benzene rings is 1. The van der Waals surface area contributed by atoms with Crippen LogP contribution in [0.15, 0.2) is 24.3 Å². The first-order valence-electron chi connectivity index (χ1n) is 12.5. The van der Waals surface area contributed by atoms with E-state index in [1.54, 1.807) is 19.2 Å². The van der Waals surface area contributed by atoms with E-state index in [1.165, 1.54) is 15.6 Å².